The zero-order valence-corrected chi connectivity index (χ0v) is 26.0. The Bertz CT molecular complexity index is 1660. The van der Waals surface area contributed by atoms with Gasteiger partial charge in [-0.15, -0.1) is 0 Å². The number of hydrogen-bond donors (Lipinski definition) is 1. The fourth-order valence-corrected chi connectivity index (χ4v) is 6.58. The minimum absolute atomic E-state index is 0.0409. The third-order valence-electron chi connectivity index (χ3n) is 8.76. The van der Waals surface area contributed by atoms with Crippen LogP contribution in [0, 0.1) is 19.8 Å². The molecule has 43 heavy (non-hydrogen) atoms. The lowest BCUT2D eigenvalue weighted by Gasteiger charge is -2.34. The van der Waals surface area contributed by atoms with Gasteiger partial charge in [0.2, 0.25) is 0 Å². The van der Waals surface area contributed by atoms with Crippen molar-refractivity contribution in [2.75, 3.05) is 6.54 Å². The molecule has 222 valence electrons. The van der Waals surface area contributed by atoms with Crippen molar-refractivity contribution in [1.82, 2.24) is 20.0 Å². The van der Waals surface area contributed by atoms with Crippen LogP contribution in [0.3, 0.4) is 0 Å². The van der Waals surface area contributed by atoms with Crippen LogP contribution in [-0.2, 0) is 24.2 Å². The van der Waals surface area contributed by atoms with Crippen LogP contribution in [0.4, 0.5) is 4.79 Å². The van der Waals surface area contributed by atoms with Gasteiger partial charge in [-0.05, 0) is 111 Å². The Morgan fingerprint density at radius 2 is 1.74 bits per heavy atom. The molecule has 2 atom stereocenters. The summed E-state index contributed by atoms with van der Waals surface area (Å²) in [5.41, 5.74) is 10.1. The number of carbonyl (C=O) groups excluding carboxylic acids is 2. The number of ketones is 1. The molecule has 4 aromatic rings. The van der Waals surface area contributed by atoms with Crippen LogP contribution < -0.4 is 5.32 Å². The van der Waals surface area contributed by atoms with E-state index in [1.807, 2.05) is 43.3 Å². The molecule has 3 aromatic carbocycles. The van der Waals surface area contributed by atoms with E-state index in [0.29, 0.717) is 37.6 Å². The first kappa shape index (κ1) is 28.9. The molecule has 1 N–H and O–H groups in total. The zero-order valence-electron chi connectivity index (χ0n) is 26.0. The predicted molar refractivity (Wildman–Crippen MR) is 171 cm³/mol. The average Bonchev–Trinajstić information content (AvgIpc) is 3.72. The van der Waals surface area contributed by atoms with Crippen LogP contribution in [0.5, 0.6) is 0 Å². The van der Waals surface area contributed by atoms with Gasteiger partial charge in [0.1, 0.15) is 5.78 Å². The number of nitrogens with zero attached hydrogens (tertiary/aromatic N) is 3. The van der Waals surface area contributed by atoms with Gasteiger partial charge in [-0.1, -0.05) is 54.6 Å². The second-order valence-electron chi connectivity index (χ2n) is 13.3. The molecule has 0 bridgehead atoms. The predicted octanol–water partition coefficient (Wildman–Crippen LogP) is 7.33. The molecular formula is C37H42N4O2. The van der Waals surface area contributed by atoms with Gasteiger partial charge < -0.3 is 10.2 Å². The number of Topliss-reactive ketones (excluding diaryl/α,β-unsaturated/α-hetero) is 1. The van der Waals surface area contributed by atoms with Gasteiger partial charge in [0, 0.05) is 36.7 Å². The summed E-state index contributed by atoms with van der Waals surface area (Å²) >= 11 is 0. The second-order valence-corrected chi connectivity index (χ2v) is 13.3. The van der Waals surface area contributed by atoms with E-state index in [4.69, 9.17) is 5.10 Å². The smallest absolute Gasteiger partial charge is 0.318 e. The Morgan fingerprint density at radius 3 is 2.47 bits per heavy atom. The summed E-state index contributed by atoms with van der Waals surface area (Å²) in [7, 11) is 0. The minimum atomic E-state index is -0.308. The van der Waals surface area contributed by atoms with Crippen LogP contribution in [0.25, 0.3) is 16.8 Å². The fraction of sp³-hybridized carbons (Fsp3) is 0.378. The number of rotatable bonds is 7. The van der Waals surface area contributed by atoms with Crippen LogP contribution in [-0.4, -0.2) is 38.6 Å². The van der Waals surface area contributed by atoms with Gasteiger partial charge in [0.05, 0.1) is 11.4 Å². The number of urea groups is 1. The van der Waals surface area contributed by atoms with E-state index in [0.717, 1.165) is 35.5 Å². The van der Waals surface area contributed by atoms with E-state index in [2.05, 4.69) is 79.0 Å². The molecule has 0 radical (unpaired) electrons. The Hall–Kier alpha value is -4.19. The number of fused-ring (bicyclic) bond motifs is 1. The van der Waals surface area contributed by atoms with E-state index in [9.17, 15) is 9.59 Å². The number of nitrogens with one attached hydrogen (secondary N) is 1. The molecule has 6 nitrogen and oxygen atoms in total. The van der Waals surface area contributed by atoms with Crippen molar-refractivity contribution in [1.29, 1.82) is 0 Å². The molecule has 1 aromatic heterocycles. The van der Waals surface area contributed by atoms with E-state index >= 15 is 0 Å². The Labute approximate surface area is 255 Å². The summed E-state index contributed by atoms with van der Waals surface area (Å²) in [5, 5.41) is 7.83. The van der Waals surface area contributed by atoms with Crippen molar-refractivity contribution in [3.05, 3.63) is 106 Å². The Kier molecular flexibility index (Phi) is 7.72. The van der Waals surface area contributed by atoms with Crippen LogP contribution >= 0.6 is 0 Å². The lowest BCUT2D eigenvalue weighted by Crippen LogP contribution is -2.50. The summed E-state index contributed by atoms with van der Waals surface area (Å²) in [4.78, 5) is 28.4. The Morgan fingerprint density at radius 1 is 0.953 bits per heavy atom. The maximum atomic E-state index is 13.3. The standard InChI is InChI=1S/C37H42N4O2/c1-24-20-25(2)41(39-24)29-13-9-12-28(21-29)30-16-14-27(15-17-35(42)33-22-32(33)26-10-7-6-8-11-26)34-23-40(19-18-31(30)34)36(43)38-37(3,4)5/h6-14,16,20-21,32-33H,15,17-19,22-23H2,1-5H3,(H,38,43)/t32-,33?/m0/s1. The normalized spacial score (nSPS) is 17.8. The highest BCUT2D eigenvalue weighted by molar-refractivity contribution is 5.85. The quantitative estimate of drug-likeness (QED) is 0.251. The molecule has 1 aliphatic carbocycles. The first-order chi connectivity index (χ1) is 20.6. The van der Waals surface area contributed by atoms with E-state index in [1.54, 1.807) is 0 Å². The number of aryl methyl sites for hydroxylation is 3. The topological polar surface area (TPSA) is 67.2 Å². The van der Waals surface area contributed by atoms with E-state index < -0.39 is 0 Å². The molecule has 1 unspecified atom stereocenters. The first-order valence-corrected chi connectivity index (χ1v) is 15.5. The highest BCUT2D eigenvalue weighted by Gasteiger charge is 2.43. The summed E-state index contributed by atoms with van der Waals surface area (Å²) in [5.74, 6) is 0.835. The lowest BCUT2D eigenvalue weighted by molar-refractivity contribution is -0.120. The number of aromatic nitrogens is 2. The molecule has 1 fully saturated rings. The number of hydrogen-bond acceptors (Lipinski definition) is 3. The average molecular weight is 575 g/mol. The molecule has 0 spiro atoms. The maximum absolute atomic E-state index is 13.3. The molecule has 2 amide bonds. The third kappa shape index (κ3) is 6.29. The number of amides is 2. The van der Waals surface area contributed by atoms with Crippen molar-refractivity contribution < 1.29 is 9.59 Å². The van der Waals surface area contributed by atoms with Crippen LogP contribution in [0.1, 0.15) is 73.2 Å². The molecule has 2 heterocycles. The molecule has 0 saturated heterocycles. The minimum Gasteiger partial charge on any atom is -0.333 e. The zero-order chi connectivity index (χ0) is 30.3. The molecule has 6 rings (SSSR count). The molecule has 1 saturated carbocycles. The van der Waals surface area contributed by atoms with E-state index in [-0.39, 0.29) is 17.5 Å². The van der Waals surface area contributed by atoms with Gasteiger partial charge in [-0.25, -0.2) is 9.48 Å². The van der Waals surface area contributed by atoms with Crippen LogP contribution in [0.2, 0.25) is 0 Å². The highest BCUT2D eigenvalue weighted by atomic mass is 16.2. The molecule has 6 heteroatoms. The van der Waals surface area contributed by atoms with E-state index in [1.165, 1.54) is 27.8 Å². The van der Waals surface area contributed by atoms with Crippen molar-refractivity contribution in [2.45, 2.75) is 78.3 Å². The lowest BCUT2D eigenvalue weighted by atomic mass is 9.86. The summed E-state index contributed by atoms with van der Waals surface area (Å²) in [6.07, 6.45) is 2.94. The third-order valence-corrected chi connectivity index (χ3v) is 8.76. The number of benzene rings is 3. The monoisotopic (exact) mass is 574 g/mol. The van der Waals surface area contributed by atoms with Gasteiger partial charge in [0.15, 0.2) is 0 Å². The number of carbonyl (C=O) groups is 2. The van der Waals surface area contributed by atoms with Gasteiger partial charge >= 0.3 is 6.03 Å². The van der Waals surface area contributed by atoms with Crippen LogP contribution in [0.15, 0.2) is 72.8 Å². The summed E-state index contributed by atoms with van der Waals surface area (Å²) in [6.45, 7) is 11.3. The van der Waals surface area contributed by atoms with Crippen molar-refractivity contribution >= 4 is 11.8 Å². The highest BCUT2D eigenvalue weighted by Crippen LogP contribution is 2.48. The largest absolute Gasteiger partial charge is 0.333 e. The molecule has 1 aliphatic heterocycles. The Balaban J connectivity index is 1.28. The SMILES string of the molecule is Cc1cc(C)n(-c2cccc(-c3ccc(CCC(=O)C4C[C@H]4c4ccccc4)c4c3CCN(C(=O)NC(C)(C)C)C4)c2)n1. The second kappa shape index (κ2) is 11.5. The van der Waals surface area contributed by atoms with Gasteiger partial charge in [-0.2, -0.15) is 5.10 Å². The van der Waals surface area contributed by atoms with Crippen molar-refractivity contribution in [2.24, 2.45) is 5.92 Å². The molecular weight excluding hydrogens is 532 g/mol. The summed E-state index contributed by atoms with van der Waals surface area (Å²) < 4.78 is 1.99. The van der Waals surface area contributed by atoms with Gasteiger partial charge in [-0.3, -0.25) is 4.79 Å². The fourth-order valence-electron chi connectivity index (χ4n) is 6.58. The molecule has 2 aliphatic rings. The maximum Gasteiger partial charge on any atom is 0.318 e. The van der Waals surface area contributed by atoms with Crippen molar-refractivity contribution in [3.63, 3.8) is 0 Å². The van der Waals surface area contributed by atoms with Crippen molar-refractivity contribution in [3.8, 4) is 16.8 Å². The van der Waals surface area contributed by atoms with Gasteiger partial charge in [0.25, 0.3) is 0 Å². The summed E-state index contributed by atoms with van der Waals surface area (Å²) in [6, 6.07) is 25.4. The first-order valence-electron chi connectivity index (χ1n) is 15.5.